The molecular weight excluding hydrogens is 654 g/mol. The van der Waals surface area contributed by atoms with E-state index in [0.29, 0.717) is 67.5 Å². The summed E-state index contributed by atoms with van der Waals surface area (Å²) in [5, 5.41) is 37.0. The number of benzene rings is 3. The second-order valence-corrected chi connectivity index (χ2v) is 14.1. The fourth-order valence-electron chi connectivity index (χ4n) is 7.07. The van der Waals surface area contributed by atoms with Crippen LogP contribution in [0.4, 0.5) is 11.5 Å². The van der Waals surface area contributed by atoms with E-state index in [4.69, 9.17) is 14.4 Å². The van der Waals surface area contributed by atoms with Crippen LogP contribution in [0.1, 0.15) is 48.1 Å². The van der Waals surface area contributed by atoms with Gasteiger partial charge in [0.05, 0.1) is 17.1 Å². The lowest BCUT2D eigenvalue weighted by molar-refractivity contribution is -0.147. The zero-order valence-electron chi connectivity index (χ0n) is 29.7. The summed E-state index contributed by atoms with van der Waals surface area (Å²) in [4.78, 5) is 28.1. The summed E-state index contributed by atoms with van der Waals surface area (Å²) < 4.78 is 6.28. The first-order valence-corrected chi connectivity index (χ1v) is 17.4. The number of aliphatic carboxylic acids is 1. The fraction of sp³-hybridized carbons (Fsp3) is 0.293. The number of carboxylic acid groups (broad SMARTS) is 1. The molecule has 0 aliphatic carbocycles. The summed E-state index contributed by atoms with van der Waals surface area (Å²) in [6.45, 7) is 10.4. The smallest absolute Gasteiger partial charge is 0.310 e. The number of fused-ring (bicyclic) bond motifs is 2. The average Bonchev–Trinajstić information content (AvgIpc) is 3.73. The number of hydrogen-bond donors (Lipinski definition) is 4. The fourth-order valence-corrected chi connectivity index (χ4v) is 7.07. The number of nitriles is 1. The third-order valence-electron chi connectivity index (χ3n) is 10.0. The Morgan fingerprint density at radius 1 is 1.06 bits per heavy atom. The molecule has 0 saturated carbocycles. The molecular formula is C41H41N7O4. The molecule has 264 valence electrons. The molecule has 1 fully saturated rings. The lowest BCUT2D eigenvalue weighted by Gasteiger charge is -2.20. The van der Waals surface area contributed by atoms with Crippen LogP contribution in [0.5, 0.6) is 0 Å². The molecule has 0 bridgehead atoms. The molecule has 0 amide bonds. The normalized spacial score (nSPS) is 16.7. The first-order chi connectivity index (χ1) is 25.0. The van der Waals surface area contributed by atoms with Crippen LogP contribution < -0.4 is 10.6 Å². The number of rotatable bonds is 11. The van der Waals surface area contributed by atoms with Crippen LogP contribution in [0.3, 0.4) is 0 Å². The Kier molecular flexibility index (Phi) is 9.46. The Labute approximate surface area is 302 Å². The maximum absolute atomic E-state index is 11.8. The van der Waals surface area contributed by atoms with Gasteiger partial charge in [-0.05, 0) is 110 Å². The van der Waals surface area contributed by atoms with Gasteiger partial charge in [-0.15, -0.1) is 0 Å². The van der Waals surface area contributed by atoms with Crippen LogP contribution >= 0.6 is 0 Å². The Hall–Kier alpha value is -5.67. The van der Waals surface area contributed by atoms with Crippen LogP contribution in [-0.4, -0.2) is 61.8 Å². The van der Waals surface area contributed by atoms with Gasteiger partial charge < -0.3 is 25.3 Å². The highest BCUT2D eigenvalue weighted by molar-refractivity contribution is 5.91. The molecule has 1 saturated heterocycles. The summed E-state index contributed by atoms with van der Waals surface area (Å²) in [5.74, 6) is 0.306. The number of hydrogen-bond acceptors (Lipinski definition) is 10. The summed E-state index contributed by atoms with van der Waals surface area (Å²) in [7, 11) is 0. The third-order valence-corrected chi connectivity index (χ3v) is 10.0. The lowest BCUT2D eigenvalue weighted by Crippen LogP contribution is -2.31. The van der Waals surface area contributed by atoms with Crippen molar-refractivity contribution in [2.75, 3.05) is 25.0 Å². The zero-order valence-corrected chi connectivity index (χ0v) is 29.7. The number of carboxylic acids is 1. The Balaban J connectivity index is 1.16. The first-order valence-electron chi connectivity index (χ1n) is 17.4. The van der Waals surface area contributed by atoms with Gasteiger partial charge in [0.15, 0.2) is 11.4 Å². The van der Waals surface area contributed by atoms with Crippen molar-refractivity contribution in [3.05, 3.63) is 101 Å². The zero-order chi connectivity index (χ0) is 36.6. The van der Waals surface area contributed by atoms with Crippen LogP contribution in [0.2, 0.25) is 0 Å². The second kappa shape index (κ2) is 14.2. The van der Waals surface area contributed by atoms with Gasteiger partial charge in [0.1, 0.15) is 17.1 Å². The molecule has 1 aliphatic heterocycles. The number of anilines is 2. The van der Waals surface area contributed by atoms with Crippen LogP contribution in [0.25, 0.3) is 44.6 Å². The van der Waals surface area contributed by atoms with Crippen LogP contribution in [0, 0.1) is 30.6 Å². The molecule has 0 radical (unpaired) electrons. The van der Waals surface area contributed by atoms with Crippen molar-refractivity contribution in [2.45, 2.75) is 53.3 Å². The Bertz CT molecular complexity index is 2360. The van der Waals surface area contributed by atoms with Gasteiger partial charge in [-0.1, -0.05) is 24.3 Å². The van der Waals surface area contributed by atoms with Crippen molar-refractivity contribution < 1.29 is 19.4 Å². The Morgan fingerprint density at radius 3 is 2.58 bits per heavy atom. The van der Waals surface area contributed by atoms with E-state index in [-0.39, 0.29) is 0 Å². The predicted molar refractivity (Wildman–Crippen MR) is 201 cm³/mol. The van der Waals surface area contributed by atoms with Gasteiger partial charge in [0.2, 0.25) is 5.89 Å². The summed E-state index contributed by atoms with van der Waals surface area (Å²) in [6, 6.07) is 22.2. The van der Waals surface area contributed by atoms with Gasteiger partial charge in [0, 0.05) is 55.2 Å². The van der Waals surface area contributed by atoms with Crippen molar-refractivity contribution in [1.29, 1.82) is 5.26 Å². The van der Waals surface area contributed by atoms with Gasteiger partial charge in [0.25, 0.3) is 0 Å². The molecule has 4 N–H and O–H groups in total. The van der Waals surface area contributed by atoms with Gasteiger partial charge in [-0.2, -0.15) is 5.26 Å². The van der Waals surface area contributed by atoms with E-state index in [1.165, 1.54) is 0 Å². The number of nitrogens with one attached hydrogen (secondary N) is 2. The molecule has 6 aromatic rings. The van der Waals surface area contributed by atoms with Crippen LogP contribution in [0.15, 0.2) is 77.5 Å². The third kappa shape index (κ3) is 6.84. The first kappa shape index (κ1) is 34.8. The molecule has 0 spiro atoms. The molecule has 3 aromatic carbocycles. The molecule has 7 rings (SSSR count). The quantitative estimate of drug-likeness (QED) is 0.109. The number of aliphatic hydroxyl groups is 1. The second-order valence-electron chi connectivity index (χ2n) is 14.1. The monoisotopic (exact) mass is 695 g/mol. The molecule has 3 aromatic heterocycles. The van der Waals surface area contributed by atoms with Crippen molar-refractivity contribution in [3.8, 4) is 28.7 Å². The highest BCUT2D eigenvalue weighted by Crippen LogP contribution is 2.38. The minimum atomic E-state index is -0.785. The number of nitrogens with zero attached hydrogens (tertiary/aromatic N) is 5. The van der Waals surface area contributed by atoms with Crippen molar-refractivity contribution in [3.63, 3.8) is 0 Å². The number of aliphatic hydroxyl groups excluding tert-OH is 1. The SMILES string of the molecule is Cc1c(Nc2nccc3cc(CNCC(C)O)cnc23)cccc1-c1cccc(-c2nc3cc(CN4CCC(C)(C(=O)O)C4)cc(C#N)c3o2)c1C. The number of likely N-dealkylation sites (tertiary alicyclic amines) is 1. The summed E-state index contributed by atoms with van der Waals surface area (Å²) in [5.41, 5.74) is 9.15. The van der Waals surface area contributed by atoms with E-state index in [9.17, 15) is 20.3 Å². The number of carbonyl (C=O) groups is 1. The summed E-state index contributed by atoms with van der Waals surface area (Å²) >= 11 is 0. The van der Waals surface area contributed by atoms with E-state index in [1.54, 1.807) is 20.0 Å². The average molecular weight is 696 g/mol. The molecule has 11 heteroatoms. The highest BCUT2D eigenvalue weighted by atomic mass is 16.4. The van der Waals surface area contributed by atoms with E-state index in [2.05, 4.69) is 51.7 Å². The van der Waals surface area contributed by atoms with E-state index >= 15 is 0 Å². The van der Waals surface area contributed by atoms with Crippen molar-refractivity contribution >= 4 is 39.5 Å². The molecule has 52 heavy (non-hydrogen) atoms. The van der Waals surface area contributed by atoms with Gasteiger partial charge in [-0.3, -0.25) is 14.7 Å². The maximum atomic E-state index is 11.8. The molecule has 4 heterocycles. The number of oxazole rings is 1. The van der Waals surface area contributed by atoms with E-state index < -0.39 is 17.5 Å². The molecule has 2 atom stereocenters. The van der Waals surface area contributed by atoms with Gasteiger partial charge in [-0.25, -0.2) is 9.97 Å². The lowest BCUT2D eigenvalue weighted by atomic mass is 9.90. The van der Waals surface area contributed by atoms with E-state index in [0.717, 1.165) is 55.5 Å². The topological polar surface area (TPSA) is 160 Å². The number of pyridine rings is 2. The van der Waals surface area contributed by atoms with Crippen LogP contribution in [-0.2, 0) is 17.9 Å². The number of aromatic nitrogens is 3. The minimum Gasteiger partial charge on any atom is -0.481 e. The van der Waals surface area contributed by atoms with Gasteiger partial charge >= 0.3 is 5.97 Å². The van der Waals surface area contributed by atoms with Crippen molar-refractivity contribution in [2.24, 2.45) is 5.41 Å². The highest BCUT2D eigenvalue weighted by Gasteiger charge is 2.40. The maximum Gasteiger partial charge on any atom is 0.310 e. The largest absolute Gasteiger partial charge is 0.481 e. The molecule has 1 aliphatic rings. The minimum absolute atomic E-state index is 0.399. The standard InChI is InChI=1S/C41H41N7O4/c1-24(49)19-43-20-28-16-29-11-13-44-38(36(29)45-21-28)46-34-10-6-8-32(26(34)3)31-7-5-9-33(25(31)2)39-47-35-17-27(15-30(18-42)37(35)52-39)22-48-14-12-41(4,23-48)40(50)51/h5-11,13,15-17,21,24,43,49H,12,14,19-20,22-23H2,1-4H3,(H,44,46)(H,50,51). The molecule has 11 nitrogen and oxygen atoms in total. The van der Waals surface area contributed by atoms with E-state index in [1.807, 2.05) is 55.6 Å². The summed E-state index contributed by atoms with van der Waals surface area (Å²) in [6.07, 6.45) is 3.77. The molecule has 2 unspecified atom stereocenters. The Morgan fingerprint density at radius 2 is 1.83 bits per heavy atom. The van der Waals surface area contributed by atoms with Crippen molar-refractivity contribution in [1.82, 2.24) is 25.2 Å². The predicted octanol–water partition coefficient (Wildman–Crippen LogP) is 7.10.